The highest BCUT2D eigenvalue weighted by Gasteiger charge is 2.18. The number of hydrogen-bond donors (Lipinski definition) is 2. The van der Waals surface area contributed by atoms with Gasteiger partial charge in [0, 0.05) is 7.11 Å². The third kappa shape index (κ3) is 2.43. The summed E-state index contributed by atoms with van der Waals surface area (Å²) in [6.45, 7) is -0.640. The minimum Gasteiger partial charge on any atom is -0.508 e. The maximum atomic E-state index is 12.3. The molecular formula is C10H14FNO2. The molecule has 0 bridgehead atoms. The Bertz CT molecular complexity index is 276. The number of halogens is 1. The largest absolute Gasteiger partial charge is 0.508 e. The van der Waals surface area contributed by atoms with Crippen LogP contribution in [0.4, 0.5) is 4.39 Å². The van der Waals surface area contributed by atoms with Crippen molar-refractivity contribution < 1.29 is 14.2 Å². The van der Waals surface area contributed by atoms with Gasteiger partial charge in [-0.05, 0) is 17.7 Å². The number of phenols is 1. The number of alkyl halides is 1. The molecule has 2 unspecified atom stereocenters. The second kappa shape index (κ2) is 4.93. The van der Waals surface area contributed by atoms with Gasteiger partial charge in [-0.15, -0.1) is 0 Å². The standard InChI is InChI=1S/C10H14FNO2/c1-14-10(9(12)6-11)7-2-4-8(13)5-3-7/h2-5,9-10,13H,6,12H2,1H3. The van der Waals surface area contributed by atoms with Crippen molar-refractivity contribution in [1.82, 2.24) is 0 Å². The van der Waals surface area contributed by atoms with Crippen molar-refractivity contribution in [2.75, 3.05) is 13.8 Å². The van der Waals surface area contributed by atoms with Crippen molar-refractivity contribution >= 4 is 0 Å². The summed E-state index contributed by atoms with van der Waals surface area (Å²) in [5.41, 5.74) is 6.29. The Balaban J connectivity index is 2.84. The van der Waals surface area contributed by atoms with Gasteiger partial charge in [-0.1, -0.05) is 12.1 Å². The van der Waals surface area contributed by atoms with Crippen LogP contribution in [0.2, 0.25) is 0 Å². The molecule has 0 radical (unpaired) electrons. The predicted molar refractivity (Wildman–Crippen MR) is 51.8 cm³/mol. The molecule has 3 nitrogen and oxygen atoms in total. The van der Waals surface area contributed by atoms with Gasteiger partial charge in [0.1, 0.15) is 12.4 Å². The number of hydrogen-bond acceptors (Lipinski definition) is 3. The van der Waals surface area contributed by atoms with Gasteiger partial charge in [0.2, 0.25) is 0 Å². The summed E-state index contributed by atoms with van der Waals surface area (Å²) in [6, 6.07) is 5.70. The number of nitrogens with two attached hydrogens (primary N) is 1. The third-order valence-electron chi connectivity index (χ3n) is 2.04. The van der Waals surface area contributed by atoms with E-state index < -0.39 is 18.8 Å². The Morgan fingerprint density at radius 2 is 2.00 bits per heavy atom. The van der Waals surface area contributed by atoms with Crippen molar-refractivity contribution in [3.05, 3.63) is 29.8 Å². The van der Waals surface area contributed by atoms with Crippen LogP contribution in [-0.2, 0) is 4.74 Å². The average molecular weight is 199 g/mol. The SMILES string of the molecule is COC(c1ccc(O)cc1)C(N)CF. The summed E-state index contributed by atoms with van der Waals surface area (Å²) in [7, 11) is 1.48. The lowest BCUT2D eigenvalue weighted by atomic mass is 10.0. The van der Waals surface area contributed by atoms with Gasteiger partial charge in [0.15, 0.2) is 0 Å². The Hall–Kier alpha value is -1.13. The van der Waals surface area contributed by atoms with Crippen molar-refractivity contribution in [2.24, 2.45) is 5.73 Å². The zero-order valence-corrected chi connectivity index (χ0v) is 7.98. The van der Waals surface area contributed by atoms with Crippen LogP contribution in [0, 0.1) is 0 Å². The van der Waals surface area contributed by atoms with Gasteiger partial charge in [-0.2, -0.15) is 0 Å². The molecule has 14 heavy (non-hydrogen) atoms. The van der Waals surface area contributed by atoms with Crippen LogP contribution < -0.4 is 5.73 Å². The monoisotopic (exact) mass is 199 g/mol. The molecular weight excluding hydrogens is 185 g/mol. The molecule has 0 heterocycles. The molecule has 0 aliphatic carbocycles. The topological polar surface area (TPSA) is 55.5 Å². The fourth-order valence-corrected chi connectivity index (χ4v) is 1.30. The van der Waals surface area contributed by atoms with E-state index in [9.17, 15) is 4.39 Å². The fraction of sp³-hybridized carbons (Fsp3) is 0.400. The van der Waals surface area contributed by atoms with Crippen LogP contribution in [0.1, 0.15) is 11.7 Å². The van der Waals surface area contributed by atoms with Crippen molar-refractivity contribution in [1.29, 1.82) is 0 Å². The highest BCUT2D eigenvalue weighted by atomic mass is 19.1. The van der Waals surface area contributed by atoms with E-state index in [0.29, 0.717) is 0 Å². The number of phenolic OH excluding ortho intramolecular Hbond substituents is 1. The minimum absolute atomic E-state index is 0.164. The molecule has 0 spiro atoms. The molecule has 1 aromatic rings. The first-order valence-corrected chi connectivity index (χ1v) is 4.32. The van der Waals surface area contributed by atoms with Gasteiger partial charge < -0.3 is 15.6 Å². The molecule has 3 N–H and O–H groups in total. The van der Waals surface area contributed by atoms with Crippen molar-refractivity contribution in [3.63, 3.8) is 0 Å². The fourth-order valence-electron chi connectivity index (χ4n) is 1.30. The molecule has 0 fully saturated rings. The first kappa shape index (κ1) is 10.9. The second-order valence-corrected chi connectivity index (χ2v) is 3.07. The Morgan fingerprint density at radius 3 is 2.43 bits per heavy atom. The Morgan fingerprint density at radius 1 is 1.43 bits per heavy atom. The van der Waals surface area contributed by atoms with Crippen molar-refractivity contribution in [3.8, 4) is 5.75 Å². The number of ether oxygens (including phenoxy) is 1. The highest BCUT2D eigenvalue weighted by Crippen LogP contribution is 2.21. The van der Waals surface area contributed by atoms with E-state index in [1.165, 1.54) is 19.2 Å². The lowest BCUT2D eigenvalue weighted by molar-refractivity contribution is 0.0720. The molecule has 4 heteroatoms. The van der Waals surface area contributed by atoms with Crippen LogP contribution in [0.25, 0.3) is 0 Å². The normalized spacial score (nSPS) is 15.1. The summed E-state index contributed by atoms with van der Waals surface area (Å²) < 4.78 is 17.4. The first-order chi connectivity index (χ1) is 6.69. The van der Waals surface area contributed by atoms with Crippen molar-refractivity contribution in [2.45, 2.75) is 12.1 Å². The van der Waals surface area contributed by atoms with E-state index in [4.69, 9.17) is 15.6 Å². The van der Waals surface area contributed by atoms with Crippen LogP contribution in [-0.4, -0.2) is 24.9 Å². The molecule has 2 atom stereocenters. The molecule has 0 aliphatic heterocycles. The number of rotatable bonds is 4. The van der Waals surface area contributed by atoms with E-state index in [2.05, 4.69) is 0 Å². The molecule has 78 valence electrons. The summed E-state index contributed by atoms with van der Waals surface area (Å²) in [5.74, 6) is 0.164. The minimum atomic E-state index is -0.676. The zero-order chi connectivity index (χ0) is 10.6. The van der Waals surface area contributed by atoms with E-state index in [-0.39, 0.29) is 5.75 Å². The lowest BCUT2D eigenvalue weighted by Gasteiger charge is -2.20. The summed E-state index contributed by atoms with van der Waals surface area (Å²) in [6.07, 6.45) is -0.472. The summed E-state index contributed by atoms with van der Waals surface area (Å²) >= 11 is 0. The van der Waals surface area contributed by atoms with Crippen LogP contribution in [0.3, 0.4) is 0 Å². The zero-order valence-electron chi connectivity index (χ0n) is 7.98. The van der Waals surface area contributed by atoms with Crippen LogP contribution >= 0.6 is 0 Å². The maximum absolute atomic E-state index is 12.3. The van der Waals surface area contributed by atoms with E-state index in [1.807, 2.05) is 0 Å². The second-order valence-electron chi connectivity index (χ2n) is 3.07. The average Bonchev–Trinajstić information content (AvgIpc) is 2.21. The quantitative estimate of drug-likeness (QED) is 0.770. The first-order valence-electron chi connectivity index (χ1n) is 4.32. The molecule has 1 rings (SSSR count). The van der Waals surface area contributed by atoms with E-state index in [1.54, 1.807) is 12.1 Å². The van der Waals surface area contributed by atoms with Crippen LogP contribution in [0.15, 0.2) is 24.3 Å². The van der Waals surface area contributed by atoms with Gasteiger partial charge in [-0.3, -0.25) is 0 Å². The van der Waals surface area contributed by atoms with Gasteiger partial charge in [0.25, 0.3) is 0 Å². The summed E-state index contributed by atoms with van der Waals surface area (Å²) in [4.78, 5) is 0. The smallest absolute Gasteiger partial charge is 0.115 e. The summed E-state index contributed by atoms with van der Waals surface area (Å²) in [5, 5.41) is 9.06. The number of benzene rings is 1. The number of aromatic hydroxyl groups is 1. The Labute approximate surface area is 82.3 Å². The molecule has 0 saturated carbocycles. The van der Waals surface area contributed by atoms with Crippen LogP contribution in [0.5, 0.6) is 5.75 Å². The highest BCUT2D eigenvalue weighted by molar-refractivity contribution is 5.28. The molecule has 0 aromatic heterocycles. The molecule has 0 aliphatic rings. The predicted octanol–water partition coefficient (Wildman–Crippen LogP) is 1.38. The Kier molecular flexibility index (Phi) is 3.85. The van der Waals surface area contributed by atoms with E-state index in [0.717, 1.165) is 5.56 Å². The lowest BCUT2D eigenvalue weighted by Crippen LogP contribution is -2.31. The molecule has 1 aromatic carbocycles. The van der Waals surface area contributed by atoms with Gasteiger partial charge in [0.05, 0.1) is 12.1 Å². The molecule has 0 saturated heterocycles. The van der Waals surface area contributed by atoms with Gasteiger partial charge >= 0.3 is 0 Å². The third-order valence-corrected chi connectivity index (χ3v) is 2.04. The maximum Gasteiger partial charge on any atom is 0.115 e. The number of methoxy groups -OCH3 is 1. The van der Waals surface area contributed by atoms with E-state index >= 15 is 0 Å². The van der Waals surface area contributed by atoms with Gasteiger partial charge in [-0.25, -0.2) is 4.39 Å². The molecule has 0 amide bonds.